The summed E-state index contributed by atoms with van der Waals surface area (Å²) >= 11 is 4.01. The normalized spacial score (nSPS) is 16.1. The highest BCUT2D eigenvalue weighted by molar-refractivity contribution is 8.16. The lowest BCUT2D eigenvalue weighted by atomic mass is 10.2. The van der Waals surface area contributed by atoms with Crippen LogP contribution in [0.5, 0.6) is 5.75 Å². The van der Waals surface area contributed by atoms with Gasteiger partial charge in [-0.05, 0) is 49.1 Å². The number of nitrogens with one attached hydrogen (secondary N) is 2. The summed E-state index contributed by atoms with van der Waals surface area (Å²) in [7, 11) is 0. The number of amides is 1. The number of benzene rings is 1. The maximum Gasteiger partial charge on any atom is 0.257 e. The number of likely N-dealkylation sites (N-methyl/N-ethyl adjacent to an activating group) is 1. The SMILES string of the molecule is CCN[C@H](C)CNC(=O)COc1ccc(C2SCCCS2)cc1.Cl. The largest absolute Gasteiger partial charge is 0.484 e. The van der Waals surface area contributed by atoms with Gasteiger partial charge >= 0.3 is 0 Å². The van der Waals surface area contributed by atoms with Crippen molar-refractivity contribution in [1.82, 2.24) is 10.6 Å². The molecular formula is C17H27ClN2O2S2. The zero-order valence-electron chi connectivity index (χ0n) is 14.2. The van der Waals surface area contributed by atoms with Gasteiger partial charge in [-0.1, -0.05) is 19.1 Å². The average molecular weight is 391 g/mol. The molecule has 1 saturated heterocycles. The van der Waals surface area contributed by atoms with Gasteiger partial charge in [0.25, 0.3) is 5.91 Å². The van der Waals surface area contributed by atoms with Crippen molar-refractivity contribution < 1.29 is 9.53 Å². The minimum absolute atomic E-state index is 0. The smallest absolute Gasteiger partial charge is 0.257 e. The van der Waals surface area contributed by atoms with Gasteiger partial charge in [0.15, 0.2) is 6.61 Å². The fourth-order valence-corrected chi connectivity index (χ4v) is 5.18. The number of rotatable bonds is 8. The van der Waals surface area contributed by atoms with E-state index in [9.17, 15) is 4.79 Å². The van der Waals surface area contributed by atoms with Gasteiger partial charge < -0.3 is 15.4 Å². The summed E-state index contributed by atoms with van der Waals surface area (Å²) in [5.74, 6) is 3.13. The van der Waals surface area contributed by atoms with Crippen LogP contribution in [0, 0.1) is 0 Å². The maximum absolute atomic E-state index is 11.8. The van der Waals surface area contributed by atoms with Crippen molar-refractivity contribution >= 4 is 41.8 Å². The van der Waals surface area contributed by atoms with E-state index in [2.05, 4.69) is 29.7 Å². The Morgan fingerprint density at radius 3 is 2.58 bits per heavy atom. The highest BCUT2D eigenvalue weighted by Crippen LogP contribution is 2.43. The van der Waals surface area contributed by atoms with Crippen LogP contribution in [0.3, 0.4) is 0 Å². The molecule has 0 spiro atoms. The molecule has 1 heterocycles. The number of hydrogen-bond donors (Lipinski definition) is 2. The molecule has 4 nitrogen and oxygen atoms in total. The molecule has 1 aliphatic rings. The third-order valence-corrected chi connectivity index (χ3v) is 6.52. The van der Waals surface area contributed by atoms with Gasteiger partial charge in [0.1, 0.15) is 5.75 Å². The van der Waals surface area contributed by atoms with Crippen LogP contribution in [0.1, 0.15) is 30.4 Å². The second-order valence-electron chi connectivity index (χ2n) is 5.55. The Balaban J connectivity index is 0.00000288. The predicted octanol–water partition coefficient (Wildman–Crippen LogP) is 3.47. The Labute approximate surface area is 159 Å². The Kier molecular flexibility index (Phi) is 10.7. The summed E-state index contributed by atoms with van der Waals surface area (Å²) in [6, 6.07) is 8.40. The van der Waals surface area contributed by atoms with Crippen molar-refractivity contribution in [3.63, 3.8) is 0 Å². The van der Waals surface area contributed by atoms with Crippen molar-refractivity contribution in [2.45, 2.75) is 30.9 Å². The summed E-state index contributed by atoms with van der Waals surface area (Å²) in [6.45, 7) is 5.67. The number of halogens is 1. The molecule has 0 saturated carbocycles. The average Bonchev–Trinajstić information content (AvgIpc) is 2.59. The Hall–Kier alpha value is -0.560. The first kappa shape index (κ1) is 21.5. The Morgan fingerprint density at radius 1 is 1.29 bits per heavy atom. The molecule has 2 N–H and O–H groups in total. The van der Waals surface area contributed by atoms with E-state index in [1.165, 1.54) is 23.5 Å². The first-order chi connectivity index (χ1) is 11.2. The molecule has 1 aromatic carbocycles. The Bertz CT molecular complexity index is 482. The summed E-state index contributed by atoms with van der Waals surface area (Å²) in [5.41, 5.74) is 1.33. The van der Waals surface area contributed by atoms with E-state index >= 15 is 0 Å². The minimum Gasteiger partial charge on any atom is -0.484 e. The van der Waals surface area contributed by atoms with Gasteiger partial charge in [-0.2, -0.15) is 0 Å². The van der Waals surface area contributed by atoms with E-state index in [0.29, 0.717) is 11.1 Å². The first-order valence-electron chi connectivity index (χ1n) is 8.15. The molecule has 0 unspecified atom stereocenters. The number of ether oxygens (including phenoxy) is 1. The molecule has 1 aromatic rings. The monoisotopic (exact) mass is 390 g/mol. The summed E-state index contributed by atoms with van der Waals surface area (Å²) in [6.07, 6.45) is 1.30. The van der Waals surface area contributed by atoms with E-state index in [4.69, 9.17) is 4.74 Å². The number of hydrogen-bond acceptors (Lipinski definition) is 5. The van der Waals surface area contributed by atoms with Gasteiger partial charge in [0.2, 0.25) is 0 Å². The fraction of sp³-hybridized carbons (Fsp3) is 0.588. The van der Waals surface area contributed by atoms with Gasteiger partial charge in [-0.15, -0.1) is 35.9 Å². The first-order valence-corrected chi connectivity index (χ1v) is 10.2. The van der Waals surface area contributed by atoms with Crippen LogP contribution in [0.4, 0.5) is 0 Å². The minimum atomic E-state index is -0.0859. The molecule has 1 aliphatic heterocycles. The molecule has 0 aromatic heterocycles. The van der Waals surface area contributed by atoms with Crippen molar-refractivity contribution in [3.05, 3.63) is 29.8 Å². The van der Waals surface area contributed by atoms with Crippen molar-refractivity contribution in [2.24, 2.45) is 0 Å². The lowest BCUT2D eigenvalue weighted by molar-refractivity contribution is -0.123. The molecule has 1 amide bonds. The van der Waals surface area contributed by atoms with Gasteiger partial charge in [-0.3, -0.25) is 4.79 Å². The topological polar surface area (TPSA) is 50.4 Å². The Morgan fingerprint density at radius 2 is 1.96 bits per heavy atom. The van der Waals surface area contributed by atoms with E-state index in [0.717, 1.165) is 12.3 Å². The van der Waals surface area contributed by atoms with Crippen LogP contribution in [-0.2, 0) is 4.79 Å². The van der Waals surface area contributed by atoms with Crippen LogP contribution in [-0.4, -0.2) is 43.2 Å². The zero-order chi connectivity index (χ0) is 16.5. The summed E-state index contributed by atoms with van der Waals surface area (Å²) < 4.78 is 6.09. The van der Waals surface area contributed by atoms with Gasteiger partial charge in [0, 0.05) is 12.6 Å². The molecule has 136 valence electrons. The molecule has 0 bridgehead atoms. The maximum atomic E-state index is 11.8. The molecule has 1 fully saturated rings. The van der Waals surface area contributed by atoms with Gasteiger partial charge in [0.05, 0.1) is 4.58 Å². The van der Waals surface area contributed by atoms with E-state index in [1.54, 1.807) is 0 Å². The molecule has 0 radical (unpaired) electrons. The quantitative estimate of drug-likeness (QED) is 0.711. The molecule has 24 heavy (non-hydrogen) atoms. The standard InChI is InChI=1S/C17H26N2O2S2.ClH/c1-3-18-13(2)11-19-16(20)12-21-15-7-5-14(6-8-15)17-22-9-4-10-23-17;/h5-8,13,17-18H,3-4,9-12H2,1-2H3,(H,19,20);1H/t13-;/m1./s1. The van der Waals surface area contributed by atoms with Crippen LogP contribution in [0.25, 0.3) is 0 Å². The third-order valence-electron chi connectivity index (χ3n) is 3.51. The second kappa shape index (κ2) is 11.9. The summed E-state index contributed by atoms with van der Waals surface area (Å²) in [5, 5.41) is 6.12. The number of carbonyl (C=O) groups is 1. The molecule has 0 aliphatic carbocycles. The van der Waals surface area contributed by atoms with Crippen LogP contribution in [0.2, 0.25) is 0 Å². The van der Waals surface area contributed by atoms with Crippen molar-refractivity contribution in [1.29, 1.82) is 0 Å². The lowest BCUT2D eigenvalue weighted by Gasteiger charge is -2.21. The predicted molar refractivity (Wildman–Crippen MR) is 108 cm³/mol. The van der Waals surface area contributed by atoms with Crippen LogP contribution in [0.15, 0.2) is 24.3 Å². The third kappa shape index (κ3) is 7.55. The number of thioether (sulfide) groups is 2. The van der Waals surface area contributed by atoms with Crippen LogP contribution < -0.4 is 15.4 Å². The van der Waals surface area contributed by atoms with Crippen molar-refractivity contribution in [3.8, 4) is 5.75 Å². The van der Waals surface area contributed by atoms with E-state index < -0.39 is 0 Å². The molecule has 1 atom stereocenters. The molecule has 2 rings (SSSR count). The zero-order valence-corrected chi connectivity index (χ0v) is 16.7. The number of carbonyl (C=O) groups excluding carboxylic acids is 1. The van der Waals surface area contributed by atoms with Crippen LogP contribution >= 0.6 is 35.9 Å². The fourth-order valence-electron chi connectivity index (χ4n) is 2.29. The summed E-state index contributed by atoms with van der Waals surface area (Å²) in [4.78, 5) is 11.8. The second-order valence-corrected chi connectivity index (χ2v) is 8.27. The van der Waals surface area contributed by atoms with E-state index in [1.807, 2.05) is 42.6 Å². The van der Waals surface area contributed by atoms with E-state index in [-0.39, 0.29) is 31.0 Å². The molecule has 7 heteroatoms. The van der Waals surface area contributed by atoms with Crippen molar-refractivity contribution in [2.75, 3.05) is 31.2 Å². The highest BCUT2D eigenvalue weighted by atomic mass is 35.5. The molecular weight excluding hydrogens is 364 g/mol. The lowest BCUT2D eigenvalue weighted by Crippen LogP contribution is -2.40. The highest BCUT2D eigenvalue weighted by Gasteiger charge is 2.16. The van der Waals surface area contributed by atoms with Gasteiger partial charge in [-0.25, -0.2) is 0 Å².